The lowest BCUT2D eigenvalue weighted by Gasteiger charge is -2.31. The number of para-hydroxylation sites is 1. The molecule has 0 saturated heterocycles. The first kappa shape index (κ1) is 22.1. The van der Waals surface area contributed by atoms with E-state index in [0.717, 1.165) is 25.7 Å². The Bertz CT molecular complexity index is 838. The smallest absolute Gasteiger partial charge is 0.258 e. The van der Waals surface area contributed by atoms with Crippen LogP contribution in [0, 0.1) is 5.41 Å². The summed E-state index contributed by atoms with van der Waals surface area (Å²) in [5.41, 5.74) is 5.95. The summed E-state index contributed by atoms with van der Waals surface area (Å²) >= 11 is 0. The quantitative estimate of drug-likeness (QED) is 0.642. The van der Waals surface area contributed by atoms with Crippen molar-refractivity contribution >= 4 is 16.8 Å². The van der Waals surface area contributed by atoms with Crippen molar-refractivity contribution in [1.29, 1.82) is 0 Å². The Morgan fingerprint density at radius 2 is 1.86 bits per heavy atom. The number of carbonyl (C=O) groups is 1. The van der Waals surface area contributed by atoms with E-state index in [0.29, 0.717) is 36.2 Å². The second-order valence-electron chi connectivity index (χ2n) is 8.67. The van der Waals surface area contributed by atoms with Crippen molar-refractivity contribution in [2.24, 2.45) is 11.1 Å². The van der Waals surface area contributed by atoms with Crippen molar-refractivity contribution in [3.05, 3.63) is 40.4 Å². The molecule has 2 rings (SSSR count). The first-order chi connectivity index (χ1) is 13.2. The molecule has 0 spiro atoms. The predicted molar refractivity (Wildman–Crippen MR) is 114 cm³/mol. The molecule has 154 valence electrons. The first-order valence-electron chi connectivity index (χ1n) is 10.2. The van der Waals surface area contributed by atoms with E-state index in [1.807, 2.05) is 30.0 Å². The lowest BCUT2D eigenvalue weighted by Crippen LogP contribution is -2.37. The number of nitrogens with two attached hydrogens (primary N) is 1. The van der Waals surface area contributed by atoms with E-state index >= 15 is 0 Å². The zero-order valence-electron chi connectivity index (χ0n) is 17.6. The summed E-state index contributed by atoms with van der Waals surface area (Å²) in [5, 5.41) is 0.563. The van der Waals surface area contributed by atoms with Crippen LogP contribution < -0.4 is 11.3 Å². The summed E-state index contributed by atoms with van der Waals surface area (Å²) in [7, 11) is 0. The van der Waals surface area contributed by atoms with Crippen molar-refractivity contribution in [3.63, 3.8) is 0 Å². The normalized spacial score (nSPS) is 12.9. The number of hydrogen-bond acceptors (Lipinski definition) is 4. The number of nitrogens with one attached hydrogen (secondary N) is 1. The van der Waals surface area contributed by atoms with Crippen LogP contribution in [0.15, 0.2) is 29.1 Å². The highest BCUT2D eigenvalue weighted by atomic mass is 16.2. The molecule has 0 aliphatic carbocycles. The van der Waals surface area contributed by atoms with Gasteiger partial charge in [0.25, 0.3) is 5.56 Å². The summed E-state index contributed by atoms with van der Waals surface area (Å²) in [6, 6.07) is 6.98. The average molecular weight is 387 g/mol. The molecule has 6 heteroatoms. The van der Waals surface area contributed by atoms with Gasteiger partial charge >= 0.3 is 0 Å². The van der Waals surface area contributed by atoms with Gasteiger partial charge in [0.15, 0.2) is 0 Å². The fraction of sp³-hybridized carbons (Fsp3) is 0.591. The maximum Gasteiger partial charge on any atom is 0.258 e. The molecule has 0 saturated carbocycles. The van der Waals surface area contributed by atoms with Gasteiger partial charge in [0.1, 0.15) is 5.82 Å². The van der Waals surface area contributed by atoms with E-state index in [1.165, 1.54) is 0 Å². The Morgan fingerprint density at radius 3 is 2.54 bits per heavy atom. The third-order valence-corrected chi connectivity index (χ3v) is 4.85. The molecule has 0 fully saturated rings. The lowest BCUT2D eigenvalue weighted by molar-refractivity contribution is -0.135. The molecule has 1 amide bonds. The maximum atomic E-state index is 13.0. The number of hydrogen-bond donors (Lipinski definition) is 2. The topological polar surface area (TPSA) is 92.1 Å². The van der Waals surface area contributed by atoms with E-state index in [9.17, 15) is 9.59 Å². The minimum Gasteiger partial charge on any atom is -0.333 e. The van der Waals surface area contributed by atoms with Gasteiger partial charge in [-0.1, -0.05) is 45.7 Å². The Kier molecular flexibility index (Phi) is 7.75. The van der Waals surface area contributed by atoms with Gasteiger partial charge in [-0.3, -0.25) is 9.59 Å². The molecule has 0 aliphatic heterocycles. The van der Waals surface area contributed by atoms with Crippen LogP contribution in [0.5, 0.6) is 0 Å². The fourth-order valence-corrected chi connectivity index (χ4v) is 3.32. The highest BCUT2D eigenvalue weighted by molar-refractivity contribution is 5.78. The first-order valence-corrected chi connectivity index (χ1v) is 10.2. The van der Waals surface area contributed by atoms with Crippen LogP contribution in [0.25, 0.3) is 10.9 Å². The number of aromatic nitrogens is 2. The van der Waals surface area contributed by atoms with Crippen molar-refractivity contribution in [1.82, 2.24) is 14.9 Å². The van der Waals surface area contributed by atoms with Crippen molar-refractivity contribution in [3.8, 4) is 0 Å². The van der Waals surface area contributed by atoms with Gasteiger partial charge in [-0.25, -0.2) is 4.98 Å². The number of nitrogens with zero attached hydrogens (tertiary/aromatic N) is 2. The van der Waals surface area contributed by atoms with Gasteiger partial charge in [0.05, 0.1) is 16.9 Å². The molecule has 1 aromatic heterocycles. The van der Waals surface area contributed by atoms with Crippen LogP contribution >= 0.6 is 0 Å². The minimum atomic E-state index is -0.290. The van der Waals surface area contributed by atoms with Gasteiger partial charge in [0.2, 0.25) is 5.91 Å². The van der Waals surface area contributed by atoms with Gasteiger partial charge < -0.3 is 15.6 Å². The molecule has 0 aliphatic rings. The number of fused-ring (bicyclic) bond motifs is 1. The third kappa shape index (κ3) is 6.16. The van der Waals surface area contributed by atoms with Crippen LogP contribution in [0.1, 0.15) is 71.7 Å². The van der Waals surface area contributed by atoms with Gasteiger partial charge in [-0.2, -0.15) is 0 Å². The molecule has 2 aromatic rings. The van der Waals surface area contributed by atoms with E-state index in [2.05, 4.69) is 30.7 Å². The molecule has 1 heterocycles. The number of benzene rings is 1. The maximum absolute atomic E-state index is 13.0. The van der Waals surface area contributed by atoms with Crippen molar-refractivity contribution < 1.29 is 4.79 Å². The molecule has 3 N–H and O–H groups in total. The fourth-order valence-electron chi connectivity index (χ4n) is 3.32. The number of unbranched alkanes of at least 4 members (excludes halogenated alkanes) is 3. The van der Waals surface area contributed by atoms with Crippen molar-refractivity contribution in [2.75, 3.05) is 13.1 Å². The lowest BCUT2D eigenvalue weighted by atomic mass is 9.91. The summed E-state index contributed by atoms with van der Waals surface area (Å²) in [6.07, 6.45) is 4.48. The second-order valence-corrected chi connectivity index (χ2v) is 8.67. The van der Waals surface area contributed by atoms with Gasteiger partial charge in [0, 0.05) is 13.0 Å². The molecular formula is C22H34N4O2. The number of aromatic amines is 1. The Hall–Kier alpha value is -2.21. The van der Waals surface area contributed by atoms with Gasteiger partial charge in [-0.15, -0.1) is 0 Å². The predicted octanol–water partition coefficient (Wildman–Crippen LogP) is 3.77. The summed E-state index contributed by atoms with van der Waals surface area (Å²) in [6.45, 7) is 9.47. The molecular weight excluding hydrogens is 352 g/mol. The minimum absolute atomic E-state index is 0.0923. The van der Waals surface area contributed by atoms with Crippen LogP contribution in [0.4, 0.5) is 0 Å². The van der Waals surface area contributed by atoms with Crippen LogP contribution in [-0.2, 0) is 4.79 Å². The second kappa shape index (κ2) is 9.82. The molecule has 0 unspecified atom stereocenters. The number of carbonyl (C=O) groups excluding carboxylic acids is 1. The van der Waals surface area contributed by atoms with Crippen LogP contribution in [-0.4, -0.2) is 33.9 Å². The van der Waals surface area contributed by atoms with E-state index in [4.69, 9.17) is 5.73 Å². The molecule has 0 radical (unpaired) electrons. The van der Waals surface area contributed by atoms with Crippen LogP contribution in [0.2, 0.25) is 0 Å². The molecule has 1 atom stereocenters. The number of H-pyrrole nitrogens is 1. The summed E-state index contributed by atoms with van der Waals surface area (Å²) < 4.78 is 0. The highest BCUT2D eigenvalue weighted by Gasteiger charge is 2.27. The summed E-state index contributed by atoms with van der Waals surface area (Å²) in [4.78, 5) is 34.8. The largest absolute Gasteiger partial charge is 0.333 e. The van der Waals surface area contributed by atoms with Gasteiger partial charge in [-0.05, 0) is 43.9 Å². The third-order valence-electron chi connectivity index (χ3n) is 4.85. The van der Waals surface area contributed by atoms with Crippen LogP contribution in [0.3, 0.4) is 0 Å². The summed E-state index contributed by atoms with van der Waals surface area (Å²) in [5.74, 6) is 0.627. The van der Waals surface area contributed by atoms with Crippen molar-refractivity contribution in [2.45, 2.75) is 65.8 Å². The highest BCUT2D eigenvalue weighted by Crippen LogP contribution is 2.25. The molecule has 0 bridgehead atoms. The average Bonchev–Trinajstić information content (AvgIpc) is 2.62. The van der Waals surface area contributed by atoms with E-state index in [1.54, 1.807) is 6.07 Å². The molecule has 6 nitrogen and oxygen atoms in total. The molecule has 1 aromatic carbocycles. The zero-order chi connectivity index (χ0) is 20.7. The monoisotopic (exact) mass is 386 g/mol. The standard InChI is InChI=1S/C22H34N4O2/c1-16(20-24-18-12-8-7-11-17(18)21(28)25-20)26(14-10-6-5-9-13-23)19(27)15-22(2,3)4/h7-8,11-12,16H,5-6,9-10,13-15,23H2,1-4H3,(H,24,25,28)/t16-/m0/s1. The van der Waals surface area contributed by atoms with E-state index in [-0.39, 0.29) is 22.9 Å². The van der Waals surface area contributed by atoms with E-state index < -0.39 is 0 Å². The number of rotatable bonds is 9. The molecule has 28 heavy (non-hydrogen) atoms. The number of amides is 1. The Morgan fingerprint density at radius 1 is 1.18 bits per heavy atom. The zero-order valence-corrected chi connectivity index (χ0v) is 17.6. The Labute approximate surface area is 167 Å². The SMILES string of the molecule is C[C@@H](c1nc2ccccc2c(=O)[nH]1)N(CCCCCCN)C(=O)CC(C)(C)C. The Balaban J connectivity index is 2.25.